The lowest BCUT2D eigenvalue weighted by atomic mass is 10.3. The number of carbonyl (C=O) groups excluding carboxylic acids is 1. The van der Waals surface area contributed by atoms with Crippen LogP contribution < -0.4 is 5.32 Å². The van der Waals surface area contributed by atoms with Gasteiger partial charge >= 0.3 is 0 Å². The Balaban J connectivity index is 1.72. The van der Waals surface area contributed by atoms with E-state index < -0.39 is 0 Å². The van der Waals surface area contributed by atoms with Crippen LogP contribution in [0.1, 0.15) is 10.6 Å². The van der Waals surface area contributed by atoms with E-state index >= 15 is 0 Å². The first-order chi connectivity index (χ1) is 8.84. The summed E-state index contributed by atoms with van der Waals surface area (Å²) < 4.78 is 0. The van der Waals surface area contributed by atoms with E-state index in [-0.39, 0.29) is 5.91 Å². The van der Waals surface area contributed by atoms with Crippen LogP contribution in [-0.4, -0.2) is 17.4 Å². The molecule has 0 aliphatic carbocycles. The number of hydrogen-bond donors (Lipinski definition) is 1. The van der Waals surface area contributed by atoms with Crippen molar-refractivity contribution in [2.45, 2.75) is 6.42 Å². The van der Waals surface area contributed by atoms with Gasteiger partial charge in [0.2, 0.25) is 5.91 Å². The fraction of sp³-hybridized carbons (Fsp3) is 0.143. The highest BCUT2D eigenvalue weighted by atomic mass is 32.1. The van der Waals surface area contributed by atoms with Gasteiger partial charge in [-0.1, -0.05) is 12.1 Å². The van der Waals surface area contributed by atoms with Crippen LogP contribution in [-0.2, 0) is 11.2 Å². The second kappa shape index (κ2) is 6.71. The Hall–Kier alpha value is -1.94. The number of nitrogens with zero attached hydrogens (tertiary/aromatic N) is 1. The highest BCUT2D eigenvalue weighted by Gasteiger charge is 1.97. The van der Waals surface area contributed by atoms with Crippen molar-refractivity contribution in [3.63, 3.8) is 0 Å². The molecule has 0 spiro atoms. The van der Waals surface area contributed by atoms with Crippen molar-refractivity contribution in [1.82, 2.24) is 10.3 Å². The zero-order chi connectivity index (χ0) is 12.6. The molecule has 0 saturated heterocycles. The molecule has 0 fully saturated rings. The Labute approximate surface area is 110 Å². The summed E-state index contributed by atoms with van der Waals surface area (Å²) in [6.07, 6.45) is 5.89. The van der Waals surface area contributed by atoms with Gasteiger partial charge in [-0.05, 0) is 29.7 Å². The van der Waals surface area contributed by atoms with Gasteiger partial charge in [-0.3, -0.25) is 9.78 Å². The Morgan fingerprint density at radius 3 is 3.00 bits per heavy atom. The van der Waals surface area contributed by atoms with Crippen molar-refractivity contribution in [2.24, 2.45) is 0 Å². The van der Waals surface area contributed by atoms with Crippen molar-refractivity contribution >= 4 is 23.3 Å². The predicted molar refractivity (Wildman–Crippen MR) is 74.3 cm³/mol. The smallest absolute Gasteiger partial charge is 0.244 e. The SMILES string of the molecule is O=C(/C=C/c1cccs1)NCCc1ccccn1. The van der Waals surface area contributed by atoms with E-state index in [1.54, 1.807) is 23.6 Å². The molecule has 0 aromatic carbocycles. The molecule has 0 unspecified atom stereocenters. The topological polar surface area (TPSA) is 42.0 Å². The lowest BCUT2D eigenvalue weighted by Crippen LogP contribution is -2.23. The van der Waals surface area contributed by atoms with E-state index in [4.69, 9.17) is 0 Å². The summed E-state index contributed by atoms with van der Waals surface area (Å²) >= 11 is 1.61. The minimum atomic E-state index is -0.0701. The molecular weight excluding hydrogens is 244 g/mol. The van der Waals surface area contributed by atoms with Crippen molar-refractivity contribution in [3.05, 3.63) is 58.6 Å². The van der Waals surface area contributed by atoms with Crippen LogP contribution in [0.2, 0.25) is 0 Å². The van der Waals surface area contributed by atoms with Crippen molar-refractivity contribution in [3.8, 4) is 0 Å². The van der Waals surface area contributed by atoms with Crippen LogP contribution in [0.4, 0.5) is 0 Å². The van der Waals surface area contributed by atoms with E-state index in [2.05, 4.69) is 10.3 Å². The van der Waals surface area contributed by atoms with Crippen LogP contribution in [0, 0.1) is 0 Å². The number of thiophene rings is 1. The third kappa shape index (κ3) is 4.14. The summed E-state index contributed by atoms with van der Waals surface area (Å²) in [6, 6.07) is 9.71. The molecule has 1 amide bonds. The van der Waals surface area contributed by atoms with Gasteiger partial charge in [0.25, 0.3) is 0 Å². The van der Waals surface area contributed by atoms with E-state index in [1.807, 2.05) is 41.8 Å². The number of amides is 1. The van der Waals surface area contributed by atoms with Crippen molar-refractivity contribution < 1.29 is 4.79 Å². The number of nitrogens with one attached hydrogen (secondary N) is 1. The molecule has 1 N–H and O–H groups in total. The monoisotopic (exact) mass is 258 g/mol. The van der Waals surface area contributed by atoms with Crippen LogP contribution in [0.5, 0.6) is 0 Å². The van der Waals surface area contributed by atoms with Crippen LogP contribution in [0.15, 0.2) is 48.0 Å². The van der Waals surface area contributed by atoms with E-state index in [0.717, 1.165) is 17.0 Å². The molecule has 18 heavy (non-hydrogen) atoms. The molecule has 0 aliphatic heterocycles. The third-order valence-corrected chi connectivity index (χ3v) is 3.19. The van der Waals surface area contributed by atoms with Crippen molar-refractivity contribution in [1.29, 1.82) is 0 Å². The average molecular weight is 258 g/mol. The number of carbonyl (C=O) groups is 1. The van der Waals surface area contributed by atoms with Gasteiger partial charge in [-0.15, -0.1) is 11.3 Å². The minimum absolute atomic E-state index is 0.0701. The van der Waals surface area contributed by atoms with E-state index in [0.29, 0.717) is 6.54 Å². The zero-order valence-corrected chi connectivity index (χ0v) is 10.7. The van der Waals surface area contributed by atoms with Crippen LogP contribution in [0.3, 0.4) is 0 Å². The maximum absolute atomic E-state index is 11.5. The summed E-state index contributed by atoms with van der Waals surface area (Å²) in [7, 11) is 0. The first kappa shape index (κ1) is 12.5. The first-order valence-corrected chi connectivity index (χ1v) is 6.62. The molecule has 0 saturated carbocycles. The Bertz CT molecular complexity index is 506. The molecular formula is C14H14N2OS. The maximum atomic E-state index is 11.5. The Morgan fingerprint density at radius 1 is 1.33 bits per heavy atom. The fourth-order valence-electron chi connectivity index (χ4n) is 1.46. The summed E-state index contributed by atoms with van der Waals surface area (Å²) in [5.74, 6) is -0.0701. The quantitative estimate of drug-likeness (QED) is 0.837. The minimum Gasteiger partial charge on any atom is -0.352 e. The molecule has 3 nitrogen and oxygen atoms in total. The number of aromatic nitrogens is 1. The summed E-state index contributed by atoms with van der Waals surface area (Å²) in [4.78, 5) is 16.8. The fourth-order valence-corrected chi connectivity index (χ4v) is 2.08. The first-order valence-electron chi connectivity index (χ1n) is 5.74. The number of hydrogen-bond acceptors (Lipinski definition) is 3. The second-order valence-corrected chi connectivity index (χ2v) is 4.69. The Morgan fingerprint density at radius 2 is 2.28 bits per heavy atom. The summed E-state index contributed by atoms with van der Waals surface area (Å²) in [5, 5.41) is 4.82. The molecule has 0 aliphatic rings. The molecule has 4 heteroatoms. The lowest BCUT2D eigenvalue weighted by molar-refractivity contribution is -0.116. The normalized spacial score (nSPS) is 10.7. The van der Waals surface area contributed by atoms with Gasteiger partial charge < -0.3 is 5.32 Å². The second-order valence-electron chi connectivity index (χ2n) is 3.71. The molecule has 92 valence electrons. The summed E-state index contributed by atoms with van der Waals surface area (Å²) in [6.45, 7) is 0.602. The number of pyridine rings is 1. The predicted octanol–water partition coefficient (Wildman–Crippen LogP) is 2.52. The number of rotatable bonds is 5. The van der Waals surface area contributed by atoms with Gasteiger partial charge in [-0.25, -0.2) is 0 Å². The lowest BCUT2D eigenvalue weighted by Gasteiger charge is -2.01. The van der Waals surface area contributed by atoms with Gasteiger partial charge in [-0.2, -0.15) is 0 Å². The molecule has 2 aromatic heterocycles. The van der Waals surface area contributed by atoms with E-state index in [1.165, 1.54) is 0 Å². The van der Waals surface area contributed by atoms with Crippen LogP contribution >= 0.6 is 11.3 Å². The Kier molecular flexibility index (Phi) is 4.67. The molecule has 2 aromatic rings. The molecule has 0 atom stereocenters. The van der Waals surface area contributed by atoms with Gasteiger partial charge in [0, 0.05) is 35.8 Å². The van der Waals surface area contributed by atoms with Crippen LogP contribution in [0.25, 0.3) is 6.08 Å². The summed E-state index contributed by atoms with van der Waals surface area (Å²) in [5.41, 5.74) is 0.986. The zero-order valence-electron chi connectivity index (χ0n) is 9.87. The average Bonchev–Trinajstić information content (AvgIpc) is 2.91. The molecule has 0 bridgehead atoms. The molecule has 0 radical (unpaired) electrons. The molecule has 2 rings (SSSR count). The van der Waals surface area contributed by atoms with Gasteiger partial charge in [0.15, 0.2) is 0 Å². The van der Waals surface area contributed by atoms with E-state index in [9.17, 15) is 4.79 Å². The van der Waals surface area contributed by atoms with Gasteiger partial charge in [0.05, 0.1) is 0 Å². The highest BCUT2D eigenvalue weighted by molar-refractivity contribution is 7.10. The standard InChI is InChI=1S/C14H14N2OS/c17-14(7-6-13-5-3-11-18-13)16-10-8-12-4-1-2-9-15-12/h1-7,9,11H,8,10H2,(H,16,17)/b7-6+. The molecule has 2 heterocycles. The highest BCUT2D eigenvalue weighted by Crippen LogP contribution is 2.09. The van der Waals surface area contributed by atoms with Gasteiger partial charge in [0.1, 0.15) is 0 Å². The van der Waals surface area contributed by atoms with Crippen molar-refractivity contribution in [2.75, 3.05) is 6.54 Å². The largest absolute Gasteiger partial charge is 0.352 e. The third-order valence-electron chi connectivity index (χ3n) is 2.35. The maximum Gasteiger partial charge on any atom is 0.244 e.